The Morgan fingerprint density at radius 2 is 1.81 bits per heavy atom. The molecule has 0 fully saturated rings. The van der Waals surface area contributed by atoms with Crippen molar-refractivity contribution < 1.29 is 23.1 Å². The first-order chi connectivity index (χ1) is 10.0. The Kier molecular flexibility index (Phi) is 4.32. The van der Waals surface area contributed by atoms with Crippen LogP contribution in [0.15, 0.2) is 41.6 Å². The van der Waals surface area contributed by atoms with Gasteiger partial charge in [0.15, 0.2) is 23.2 Å². The van der Waals surface area contributed by atoms with E-state index in [1.807, 2.05) is 0 Å². The Labute approximate surface area is 118 Å². The van der Waals surface area contributed by atoms with E-state index in [4.69, 9.17) is 15.7 Å². The van der Waals surface area contributed by atoms with Crippen LogP contribution >= 0.6 is 0 Å². The van der Waals surface area contributed by atoms with Crippen LogP contribution in [0.2, 0.25) is 0 Å². The number of amidine groups is 1. The van der Waals surface area contributed by atoms with Gasteiger partial charge in [0.2, 0.25) is 0 Å². The summed E-state index contributed by atoms with van der Waals surface area (Å²) in [7, 11) is 0. The molecule has 0 amide bonds. The van der Waals surface area contributed by atoms with Crippen LogP contribution in [0.3, 0.4) is 0 Å². The minimum Gasteiger partial charge on any atom is -0.483 e. The van der Waals surface area contributed by atoms with E-state index in [1.165, 1.54) is 12.1 Å². The minimum absolute atomic E-state index is 0.0780. The summed E-state index contributed by atoms with van der Waals surface area (Å²) in [5.74, 6) is -3.20. The molecule has 3 N–H and O–H groups in total. The molecule has 110 valence electrons. The zero-order valence-electron chi connectivity index (χ0n) is 10.7. The highest BCUT2D eigenvalue weighted by molar-refractivity contribution is 5.98. The maximum absolute atomic E-state index is 13.4. The molecule has 0 saturated carbocycles. The second-order valence-electron chi connectivity index (χ2n) is 4.13. The number of nitrogens with zero attached hydrogens (tertiary/aromatic N) is 1. The van der Waals surface area contributed by atoms with Crippen molar-refractivity contribution in [2.45, 2.75) is 6.61 Å². The van der Waals surface area contributed by atoms with Gasteiger partial charge < -0.3 is 15.7 Å². The van der Waals surface area contributed by atoms with Crippen molar-refractivity contribution in [2.75, 3.05) is 0 Å². The number of nitrogens with two attached hydrogens (primary N) is 1. The predicted octanol–water partition coefficient (Wildman–Crippen LogP) is 2.78. The summed E-state index contributed by atoms with van der Waals surface area (Å²) in [5, 5.41) is 11.4. The van der Waals surface area contributed by atoms with Crippen molar-refractivity contribution in [1.82, 2.24) is 0 Å². The summed E-state index contributed by atoms with van der Waals surface area (Å²) < 4.78 is 45.1. The van der Waals surface area contributed by atoms with Gasteiger partial charge in [0, 0.05) is 11.1 Å². The van der Waals surface area contributed by atoms with Crippen molar-refractivity contribution in [2.24, 2.45) is 10.9 Å². The van der Waals surface area contributed by atoms with Gasteiger partial charge in [-0.2, -0.15) is 0 Å². The summed E-state index contributed by atoms with van der Waals surface area (Å²) in [6.07, 6.45) is 0. The highest BCUT2D eigenvalue weighted by Crippen LogP contribution is 2.23. The molecule has 0 heterocycles. The third-order valence-electron chi connectivity index (χ3n) is 2.75. The predicted molar refractivity (Wildman–Crippen MR) is 69.6 cm³/mol. The number of hydrogen-bond donors (Lipinski definition) is 2. The molecule has 0 saturated heterocycles. The molecular formula is C14H11F3N2O2. The Morgan fingerprint density at radius 1 is 1.14 bits per heavy atom. The molecule has 0 bridgehead atoms. The second-order valence-corrected chi connectivity index (χ2v) is 4.13. The quantitative estimate of drug-likeness (QED) is 0.394. The highest BCUT2D eigenvalue weighted by Gasteiger charge is 2.13. The van der Waals surface area contributed by atoms with Crippen LogP contribution in [0, 0.1) is 17.5 Å². The average molecular weight is 296 g/mol. The van der Waals surface area contributed by atoms with Gasteiger partial charge in [-0.1, -0.05) is 17.3 Å². The lowest BCUT2D eigenvalue weighted by atomic mass is 10.1. The molecule has 0 atom stereocenters. The normalized spacial score (nSPS) is 11.5. The number of ether oxygens (including phenoxy) is 1. The minimum atomic E-state index is -0.859. The van der Waals surface area contributed by atoms with Gasteiger partial charge in [0.1, 0.15) is 12.4 Å². The number of oxime groups is 1. The fourth-order valence-corrected chi connectivity index (χ4v) is 1.74. The average Bonchev–Trinajstić information content (AvgIpc) is 2.47. The number of rotatable bonds is 4. The lowest BCUT2D eigenvalue weighted by Crippen LogP contribution is -2.17. The van der Waals surface area contributed by atoms with E-state index in [0.29, 0.717) is 5.56 Å². The molecule has 21 heavy (non-hydrogen) atoms. The van der Waals surface area contributed by atoms with Crippen molar-refractivity contribution in [3.8, 4) is 5.75 Å². The van der Waals surface area contributed by atoms with Crippen LogP contribution < -0.4 is 10.5 Å². The van der Waals surface area contributed by atoms with Gasteiger partial charge in [0.25, 0.3) is 0 Å². The summed E-state index contributed by atoms with van der Waals surface area (Å²) in [6, 6.07) is 6.79. The van der Waals surface area contributed by atoms with Crippen LogP contribution in [0.25, 0.3) is 0 Å². The van der Waals surface area contributed by atoms with E-state index < -0.39 is 23.2 Å². The maximum Gasteiger partial charge on any atom is 0.191 e. The lowest BCUT2D eigenvalue weighted by molar-refractivity contribution is 0.273. The van der Waals surface area contributed by atoms with Crippen LogP contribution in [0.4, 0.5) is 13.2 Å². The largest absolute Gasteiger partial charge is 0.483 e. The summed E-state index contributed by atoms with van der Waals surface area (Å²) >= 11 is 0. The van der Waals surface area contributed by atoms with Gasteiger partial charge in [-0.3, -0.25) is 0 Å². The number of para-hydroxylation sites is 1. The third kappa shape index (κ3) is 3.25. The zero-order valence-corrected chi connectivity index (χ0v) is 10.7. The van der Waals surface area contributed by atoms with E-state index >= 15 is 0 Å². The molecule has 0 radical (unpaired) electrons. The Morgan fingerprint density at radius 3 is 2.43 bits per heavy atom. The molecule has 0 aliphatic rings. The molecule has 2 aromatic carbocycles. The molecule has 2 aromatic rings. The van der Waals surface area contributed by atoms with Crippen LogP contribution in [0.5, 0.6) is 5.75 Å². The molecule has 0 unspecified atom stereocenters. The van der Waals surface area contributed by atoms with Crippen molar-refractivity contribution in [1.29, 1.82) is 0 Å². The lowest BCUT2D eigenvalue weighted by Gasteiger charge is -2.11. The SMILES string of the molecule is N/C(=N/O)c1cc(F)ccc1COc1c(F)cccc1F. The number of hydrogen-bond acceptors (Lipinski definition) is 3. The molecular weight excluding hydrogens is 285 g/mol. The Hall–Kier alpha value is -2.70. The van der Waals surface area contributed by atoms with Crippen molar-refractivity contribution in [3.05, 3.63) is 65.0 Å². The number of benzene rings is 2. The van der Waals surface area contributed by atoms with E-state index in [-0.39, 0.29) is 18.0 Å². The Bertz CT molecular complexity index is 670. The van der Waals surface area contributed by atoms with Gasteiger partial charge in [-0.15, -0.1) is 0 Å². The molecule has 0 aromatic heterocycles. The van der Waals surface area contributed by atoms with Gasteiger partial charge in [0.05, 0.1) is 0 Å². The van der Waals surface area contributed by atoms with Crippen LogP contribution in [0.1, 0.15) is 11.1 Å². The molecule has 0 aliphatic carbocycles. The third-order valence-corrected chi connectivity index (χ3v) is 2.75. The molecule has 7 heteroatoms. The monoisotopic (exact) mass is 296 g/mol. The van der Waals surface area contributed by atoms with E-state index in [9.17, 15) is 13.2 Å². The van der Waals surface area contributed by atoms with Gasteiger partial charge >= 0.3 is 0 Å². The van der Waals surface area contributed by atoms with Crippen LogP contribution in [-0.2, 0) is 6.61 Å². The molecule has 0 aliphatic heterocycles. The van der Waals surface area contributed by atoms with E-state index in [0.717, 1.165) is 24.3 Å². The highest BCUT2D eigenvalue weighted by atomic mass is 19.1. The first-order valence-corrected chi connectivity index (χ1v) is 5.86. The van der Waals surface area contributed by atoms with Crippen molar-refractivity contribution >= 4 is 5.84 Å². The standard InChI is InChI=1S/C14H11F3N2O2/c15-9-5-4-8(10(6-9)14(18)19-20)7-21-13-11(16)2-1-3-12(13)17/h1-6,20H,7H2,(H2,18,19). The number of halogens is 3. The topological polar surface area (TPSA) is 67.8 Å². The zero-order chi connectivity index (χ0) is 15.4. The maximum atomic E-state index is 13.4. The summed E-state index contributed by atoms with van der Waals surface area (Å²) in [6.45, 7) is -0.274. The van der Waals surface area contributed by atoms with Gasteiger partial charge in [-0.25, -0.2) is 13.2 Å². The Balaban J connectivity index is 2.28. The first-order valence-electron chi connectivity index (χ1n) is 5.86. The summed E-state index contributed by atoms with van der Waals surface area (Å²) in [4.78, 5) is 0. The van der Waals surface area contributed by atoms with E-state index in [1.54, 1.807) is 0 Å². The first kappa shape index (κ1) is 14.7. The fourth-order valence-electron chi connectivity index (χ4n) is 1.74. The smallest absolute Gasteiger partial charge is 0.191 e. The van der Waals surface area contributed by atoms with Crippen LogP contribution in [-0.4, -0.2) is 11.0 Å². The molecule has 4 nitrogen and oxygen atoms in total. The van der Waals surface area contributed by atoms with Gasteiger partial charge in [-0.05, 0) is 24.3 Å². The van der Waals surface area contributed by atoms with E-state index in [2.05, 4.69) is 5.16 Å². The molecule has 2 rings (SSSR count). The van der Waals surface area contributed by atoms with Crippen molar-refractivity contribution in [3.63, 3.8) is 0 Å². The fraction of sp³-hybridized carbons (Fsp3) is 0.0714. The molecule has 0 spiro atoms. The second kappa shape index (κ2) is 6.17. The summed E-state index contributed by atoms with van der Waals surface area (Å²) in [5.41, 5.74) is 5.81.